The van der Waals surface area contributed by atoms with E-state index in [1.165, 1.54) is 103 Å². The molecule has 0 spiro atoms. The largest absolute Gasteiger partial charge is 0.310 e. The van der Waals surface area contributed by atoms with Crippen LogP contribution < -0.4 is 4.90 Å². The van der Waals surface area contributed by atoms with Gasteiger partial charge in [0.05, 0.1) is 5.69 Å². The van der Waals surface area contributed by atoms with Crippen molar-refractivity contribution < 1.29 is 0 Å². The van der Waals surface area contributed by atoms with E-state index in [2.05, 4.69) is 170 Å². The van der Waals surface area contributed by atoms with Gasteiger partial charge in [-0.1, -0.05) is 132 Å². The molecule has 0 amide bonds. The third-order valence-electron chi connectivity index (χ3n) is 11.0. The van der Waals surface area contributed by atoms with Crippen molar-refractivity contribution in [1.29, 1.82) is 0 Å². The van der Waals surface area contributed by atoms with E-state index in [9.17, 15) is 0 Å². The Kier molecular flexibility index (Phi) is 5.31. The second-order valence-corrected chi connectivity index (χ2v) is 13.8. The zero-order chi connectivity index (χ0) is 32.4. The Bertz CT molecular complexity index is 3050. The smallest absolute Gasteiger partial charge is 0.0546 e. The summed E-state index contributed by atoms with van der Waals surface area (Å²) in [4.78, 5) is 2.45. The molecule has 11 aromatic rings. The van der Waals surface area contributed by atoms with Gasteiger partial charge in [0.2, 0.25) is 0 Å². The molecular weight excluding hydrogens is 591 g/mol. The topological polar surface area (TPSA) is 3.24 Å². The van der Waals surface area contributed by atoms with Gasteiger partial charge in [0, 0.05) is 16.8 Å². The number of hydrogen-bond acceptors (Lipinski definition) is 1. The molecule has 0 saturated heterocycles. The lowest BCUT2D eigenvalue weighted by Crippen LogP contribution is -2.11. The predicted octanol–water partition coefficient (Wildman–Crippen LogP) is 13.9. The Morgan fingerprint density at radius 2 is 0.653 bits per heavy atom. The first-order valence-corrected chi connectivity index (χ1v) is 17.2. The van der Waals surface area contributed by atoms with E-state index in [1.54, 1.807) is 0 Å². The van der Waals surface area contributed by atoms with Crippen LogP contribution >= 0.6 is 0 Å². The van der Waals surface area contributed by atoms with Crippen LogP contribution in [0, 0.1) is 13.8 Å². The summed E-state index contributed by atoms with van der Waals surface area (Å²) in [6.07, 6.45) is 0. The highest BCUT2D eigenvalue weighted by Gasteiger charge is 2.24. The highest BCUT2D eigenvalue weighted by atomic mass is 15.1. The molecule has 0 N–H and O–H groups in total. The number of benzene rings is 11. The fourth-order valence-electron chi connectivity index (χ4n) is 8.95. The lowest BCUT2D eigenvalue weighted by Gasteiger charge is -2.29. The van der Waals surface area contributed by atoms with E-state index in [4.69, 9.17) is 0 Å². The van der Waals surface area contributed by atoms with E-state index in [0.29, 0.717) is 0 Å². The summed E-state index contributed by atoms with van der Waals surface area (Å²) >= 11 is 0. The van der Waals surface area contributed by atoms with Gasteiger partial charge < -0.3 is 4.90 Å². The van der Waals surface area contributed by atoms with Crippen molar-refractivity contribution >= 4 is 103 Å². The molecule has 11 aromatic carbocycles. The lowest BCUT2D eigenvalue weighted by atomic mass is 9.81. The van der Waals surface area contributed by atoms with Gasteiger partial charge in [-0.3, -0.25) is 0 Å². The van der Waals surface area contributed by atoms with Gasteiger partial charge in [-0.05, 0) is 125 Å². The standard InChI is InChI=1S/C48H31N/c1-28-18-23-32(24-19-28)49(33-25-20-29(2)21-26-33)41-27-22-31-10-5-14-37-43(31)48(41)40-17-7-16-39-45-36-13-4-9-30-8-3-11-34(42(30)36)35-12-6-15-38(44(35)45)46(37)47(39)40/h3-27H,1-2H3. The first-order chi connectivity index (χ1) is 24.2. The van der Waals surface area contributed by atoms with E-state index >= 15 is 0 Å². The van der Waals surface area contributed by atoms with Crippen molar-refractivity contribution in [3.63, 3.8) is 0 Å². The average molecular weight is 622 g/mol. The Morgan fingerprint density at radius 3 is 1.18 bits per heavy atom. The molecule has 0 aliphatic heterocycles. The normalized spacial score (nSPS) is 12.3. The Hall–Kier alpha value is -6.18. The first-order valence-electron chi connectivity index (χ1n) is 17.2. The molecule has 0 aliphatic rings. The molecule has 0 fully saturated rings. The fourth-order valence-corrected chi connectivity index (χ4v) is 8.95. The summed E-state index contributed by atoms with van der Waals surface area (Å²) in [5.74, 6) is 0. The van der Waals surface area contributed by atoms with Gasteiger partial charge in [0.15, 0.2) is 0 Å². The maximum Gasteiger partial charge on any atom is 0.0546 e. The Labute approximate surface area is 283 Å². The zero-order valence-corrected chi connectivity index (χ0v) is 27.4. The summed E-state index contributed by atoms with van der Waals surface area (Å²) in [7, 11) is 0. The summed E-state index contributed by atoms with van der Waals surface area (Å²) in [6, 6.07) is 57.0. The molecule has 1 heteroatoms. The summed E-state index contributed by atoms with van der Waals surface area (Å²) in [5, 5.41) is 21.2. The van der Waals surface area contributed by atoms with Crippen LogP contribution in [0.2, 0.25) is 0 Å². The van der Waals surface area contributed by atoms with Gasteiger partial charge in [0.25, 0.3) is 0 Å². The molecule has 0 unspecified atom stereocenters. The van der Waals surface area contributed by atoms with Crippen LogP contribution in [0.1, 0.15) is 11.1 Å². The number of aryl methyl sites for hydroxylation is 2. The van der Waals surface area contributed by atoms with E-state index in [-0.39, 0.29) is 0 Å². The molecule has 0 saturated carbocycles. The average Bonchev–Trinajstić information content (AvgIpc) is 3.14. The third kappa shape index (κ3) is 3.54. The SMILES string of the molecule is Cc1ccc(N(c2ccc(C)cc2)c2ccc3cccc4c3c2c2cccc3c2c4c2cccc4c5cccc6cccc(c65)c3c42)cc1. The van der Waals surface area contributed by atoms with Crippen molar-refractivity contribution in [3.05, 3.63) is 163 Å². The zero-order valence-electron chi connectivity index (χ0n) is 27.4. The quantitative estimate of drug-likeness (QED) is 0.140. The molecule has 0 atom stereocenters. The first kappa shape index (κ1) is 26.8. The summed E-state index contributed by atoms with van der Waals surface area (Å²) in [6.45, 7) is 4.31. The molecule has 0 aliphatic carbocycles. The third-order valence-corrected chi connectivity index (χ3v) is 11.0. The molecule has 228 valence electrons. The monoisotopic (exact) mass is 621 g/mol. The van der Waals surface area contributed by atoms with Gasteiger partial charge in [0.1, 0.15) is 0 Å². The van der Waals surface area contributed by atoms with Crippen molar-refractivity contribution in [2.24, 2.45) is 0 Å². The molecule has 49 heavy (non-hydrogen) atoms. The maximum absolute atomic E-state index is 2.45. The van der Waals surface area contributed by atoms with Crippen molar-refractivity contribution in [1.82, 2.24) is 0 Å². The van der Waals surface area contributed by atoms with E-state index in [0.717, 1.165) is 11.4 Å². The molecule has 0 bridgehead atoms. The minimum atomic E-state index is 1.15. The van der Waals surface area contributed by atoms with Gasteiger partial charge >= 0.3 is 0 Å². The van der Waals surface area contributed by atoms with Crippen LogP contribution in [0.15, 0.2) is 152 Å². The Balaban J connectivity index is 1.40. The van der Waals surface area contributed by atoms with Crippen molar-refractivity contribution in [2.75, 3.05) is 4.90 Å². The van der Waals surface area contributed by atoms with E-state index < -0.39 is 0 Å². The Morgan fingerprint density at radius 1 is 0.286 bits per heavy atom. The molecule has 0 heterocycles. The highest BCUT2D eigenvalue weighted by molar-refractivity contribution is 6.48. The minimum Gasteiger partial charge on any atom is -0.310 e. The number of anilines is 3. The van der Waals surface area contributed by atoms with Crippen LogP contribution in [0.25, 0.3) is 86.2 Å². The van der Waals surface area contributed by atoms with Crippen molar-refractivity contribution in [2.45, 2.75) is 13.8 Å². The van der Waals surface area contributed by atoms with Crippen LogP contribution in [-0.4, -0.2) is 0 Å². The second kappa shape index (κ2) is 9.69. The van der Waals surface area contributed by atoms with Crippen LogP contribution in [0.5, 0.6) is 0 Å². The van der Waals surface area contributed by atoms with Gasteiger partial charge in [-0.2, -0.15) is 0 Å². The predicted molar refractivity (Wildman–Crippen MR) is 213 cm³/mol. The lowest BCUT2D eigenvalue weighted by molar-refractivity contribution is 1.28. The molecular formula is C48H31N. The van der Waals surface area contributed by atoms with E-state index in [1.807, 2.05) is 0 Å². The molecule has 0 radical (unpaired) electrons. The van der Waals surface area contributed by atoms with Gasteiger partial charge in [-0.15, -0.1) is 0 Å². The minimum absolute atomic E-state index is 1.15. The fraction of sp³-hybridized carbons (Fsp3) is 0.0417. The number of rotatable bonds is 3. The van der Waals surface area contributed by atoms with Gasteiger partial charge in [-0.25, -0.2) is 0 Å². The molecule has 0 aromatic heterocycles. The number of fused-ring (bicyclic) bond motifs is 6. The summed E-state index contributed by atoms with van der Waals surface area (Å²) in [5.41, 5.74) is 6.01. The molecule has 11 rings (SSSR count). The summed E-state index contributed by atoms with van der Waals surface area (Å²) < 4.78 is 0. The number of nitrogens with zero attached hydrogens (tertiary/aromatic N) is 1. The van der Waals surface area contributed by atoms with Crippen LogP contribution in [0.4, 0.5) is 17.1 Å². The molecule has 1 nitrogen and oxygen atoms in total. The number of hydrogen-bond donors (Lipinski definition) is 0. The van der Waals surface area contributed by atoms with Crippen LogP contribution in [0.3, 0.4) is 0 Å². The maximum atomic E-state index is 2.45. The van der Waals surface area contributed by atoms with Crippen molar-refractivity contribution in [3.8, 4) is 0 Å². The second-order valence-electron chi connectivity index (χ2n) is 13.8. The van der Waals surface area contributed by atoms with Crippen LogP contribution in [-0.2, 0) is 0 Å². The highest BCUT2D eigenvalue weighted by Crippen LogP contribution is 2.52.